The summed E-state index contributed by atoms with van der Waals surface area (Å²) in [6.07, 6.45) is 0.629. The van der Waals surface area contributed by atoms with Gasteiger partial charge in [-0.15, -0.1) is 0 Å². The molecule has 0 aromatic heterocycles. The Hall–Kier alpha value is -3.00. The molecular formula is C16H17N3O5. The normalized spacial score (nSPS) is 11.8. The highest BCUT2D eigenvalue weighted by Crippen LogP contribution is 2.31. The molecule has 8 heteroatoms. The van der Waals surface area contributed by atoms with Crippen LogP contribution in [0.5, 0.6) is 0 Å². The SMILES string of the molecule is CCC(CO)N(c1ccc([N+](=O)[O-])cc1)c1ccc([N+](=O)[O-])cc1. The van der Waals surface area contributed by atoms with E-state index >= 15 is 0 Å². The first kappa shape index (κ1) is 17.4. The van der Waals surface area contributed by atoms with Gasteiger partial charge in [-0.2, -0.15) is 0 Å². The van der Waals surface area contributed by atoms with Gasteiger partial charge in [0, 0.05) is 35.6 Å². The minimum atomic E-state index is -0.483. The van der Waals surface area contributed by atoms with E-state index < -0.39 is 9.85 Å². The van der Waals surface area contributed by atoms with Gasteiger partial charge in [0.1, 0.15) is 0 Å². The third-order valence-electron chi connectivity index (χ3n) is 3.72. The number of anilines is 2. The second kappa shape index (κ2) is 7.51. The first-order valence-electron chi connectivity index (χ1n) is 7.37. The lowest BCUT2D eigenvalue weighted by Crippen LogP contribution is -2.33. The van der Waals surface area contributed by atoms with E-state index in [1.165, 1.54) is 24.3 Å². The van der Waals surface area contributed by atoms with Crippen LogP contribution in [0.2, 0.25) is 0 Å². The Bertz CT molecular complexity index is 654. The van der Waals surface area contributed by atoms with E-state index in [-0.39, 0.29) is 24.0 Å². The molecule has 0 aliphatic rings. The number of nitro groups is 2. The Kier molecular flexibility index (Phi) is 5.43. The summed E-state index contributed by atoms with van der Waals surface area (Å²) in [7, 11) is 0. The molecule has 1 atom stereocenters. The van der Waals surface area contributed by atoms with E-state index in [1.54, 1.807) is 24.3 Å². The topological polar surface area (TPSA) is 110 Å². The van der Waals surface area contributed by atoms with Gasteiger partial charge in [0.2, 0.25) is 0 Å². The molecule has 0 bridgehead atoms. The van der Waals surface area contributed by atoms with Crippen molar-refractivity contribution in [1.82, 2.24) is 0 Å². The van der Waals surface area contributed by atoms with Crippen molar-refractivity contribution in [3.8, 4) is 0 Å². The molecule has 0 aliphatic carbocycles. The zero-order valence-corrected chi connectivity index (χ0v) is 13.0. The first-order chi connectivity index (χ1) is 11.5. The molecular weight excluding hydrogens is 314 g/mol. The smallest absolute Gasteiger partial charge is 0.269 e. The lowest BCUT2D eigenvalue weighted by Gasteiger charge is -2.32. The maximum Gasteiger partial charge on any atom is 0.269 e. The third kappa shape index (κ3) is 3.66. The Morgan fingerprint density at radius 2 is 1.29 bits per heavy atom. The number of rotatable bonds is 7. The Morgan fingerprint density at radius 1 is 0.917 bits per heavy atom. The van der Waals surface area contributed by atoms with Gasteiger partial charge in [-0.1, -0.05) is 6.92 Å². The summed E-state index contributed by atoms with van der Waals surface area (Å²) in [4.78, 5) is 22.4. The summed E-state index contributed by atoms with van der Waals surface area (Å²) < 4.78 is 0. The van der Waals surface area contributed by atoms with Crippen molar-refractivity contribution in [3.05, 3.63) is 68.8 Å². The van der Waals surface area contributed by atoms with E-state index in [4.69, 9.17) is 0 Å². The van der Waals surface area contributed by atoms with Gasteiger partial charge < -0.3 is 10.0 Å². The fourth-order valence-corrected chi connectivity index (χ4v) is 2.43. The highest BCUT2D eigenvalue weighted by atomic mass is 16.6. The van der Waals surface area contributed by atoms with Crippen LogP contribution in [-0.4, -0.2) is 27.6 Å². The predicted molar refractivity (Wildman–Crippen MR) is 89.5 cm³/mol. The Balaban J connectivity index is 2.44. The van der Waals surface area contributed by atoms with Crippen molar-refractivity contribution in [3.63, 3.8) is 0 Å². The van der Waals surface area contributed by atoms with Crippen LogP contribution < -0.4 is 4.90 Å². The molecule has 8 nitrogen and oxygen atoms in total. The molecule has 2 aromatic rings. The fraction of sp³-hybridized carbons (Fsp3) is 0.250. The number of aliphatic hydroxyl groups is 1. The lowest BCUT2D eigenvalue weighted by molar-refractivity contribution is -0.385. The fourth-order valence-electron chi connectivity index (χ4n) is 2.43. The zero-order chi connectivity index (χ0) is 17.7. The number of nitrogens with zero attached hydrogens (tertiary/aromatic N) is 3. The van der Waals surface area contributed by atoms with Gasteiger partial charge in [0.05, 0.1) is 22.5 Å². The number of non-ortho nitro benzene ring substituents is 2. The number of hydrogen-bond acceptors (Lipinski definition) is 6. The van der Waals surface area contributed by atoms with Crippen molar-refractivity contribution in [2.24, 2.45) is 0 Å². The molecule has 1 N–H and O–H groups in total. The predicted octanol–water partition coefficient (Wildman–Crippen LogP) is 3.41. The van der Waals surface area contributed by atoms with Gasteiger partial charge >= 0.3 is 0 Å². The third-order valence-corrected chi connectivity index (χ3v) is 3.72. The molecule has 0 saturated heterocycles. The van der Waals surface area contributed by atoms with Gasteiger partial charge in [-0.05, 0) is 30.7 Å². The van der Waals surface area contributed by atoms with Crippen LogP contribution in [0.25, 0.3) is 0 Å². The van der Waals surface area contributed by atoms with E-state index in [0.717, 1.165) is 0 Å². The number of aliphatic hydroxyl groups excluding tert-OH is 1. The molecule has 24 heavy (non-hydrogen) atoms. The summed E-state index contributed by atoms with van der Waals surface area (Å²) >= 11 is 0. The highest BCUT2D eigenvalue weighted by Gasteiger charge is 2.20. The molecule has 0 saturated carbocycles. The minimum absolute atomic E-state index is 0.0283. The van der Waals surface area contributed by atoms with Crippen molar-refractivity contribution >= 4 is 22.7 Å². The second-order valence-electron chi connectivity index (χ2n) is 5.16. The largest absolute Gasteiger partial charge is 0.394 e. The molecule has 1 unspecified atom stereocenters. The minimum Gasteiger partial charge on any atom is -0.394 e. The summed E-state index contributed by atoms with van der Waals surface area (Å²) in [5, 5.41) is 31.2. The maximum absolute atomic E-state index is 10.8. The van der Waals surface area contributed by atoms with E-state index in [2.05, 4.69) is 0 Å². The molecule has 2 aromatic carbocycles. The Morgan fingerprint density at radius 3 is 1.54 bits per heavy atom. The van der Waals surface area contributed by atoms with Crippen LogP contribution in [0.3, 0.4) is 0 Å². The number of nitro benzene ring substituents is 2. The highest BCUT2D eigenvalue weighted by molar-refractivity contribution is 5.66. The lowest BCUT2D eigenvalue weighted by atomic mass is 10.1. The van der Waals surface area contributed by atoms with Crippen LogP contribution in [0.1, 0.15) is 13.3 Å². The molecule has 0 radical (unpaired) electrons. The van der Waals surface area contributed by atoms with Gasteiger partial charge in [0.15, 0.2) is 0 Å². The molecule has 0 heterocycles. The van der Waals surface area contributed by atoms with E-state index in [0.29, 0.717) is 17.8 Å². The molecule has 2 rings (SSSR count). The zero-order valence-electron chi connectivity index (χ0n) is 13.0. The van der Waals surface area contributed by atoms with Crippen molar-refractivity contribution in [2.45, 2.75) is 19.4 Å². The van der Waals surface area contributed by atoms with Gasteiger partial charge in [-0.3, -0.25) is 20.2 Å². The Labute approximate surface area is 138 Å². The summed E-state index contributed by atoms with van der Waals surface area (Å²) in [5.41, 5.74) is 1.27. The van der Waals surface area contributed by atoms with Crippen LogP contribution in [0, 0.1) is 20.2 Å². The molecule has 0 spiro atoms. The van der Waals surface area contributed by atoms with Crippen LogP contribution in [-0.2, 0) is 0 Å². The van der Waals surface area contributed by atoms with Crippen molar-refractivity contribution in [1.29, 1.82) is 0 Å². The van der Waals surface area contributed by atoms with E-state index in [1.807, 2.05) is 11.8 Å². The summed E-state index contributed by atoms with van der Waals surface area (Å²) in [5.74, 6) is 0. The summed E-state index contributed by atoms with van der Waals surface area (Å²) in [6.45, 7) is 1.79. The quantitative estimate of drug-likeness (QED) is 0.615. The van der Waals surface area contributed by atoms with Gasteiger partial charge in [-0.25, -0.2) is 0 Å². The van der Waals surface area contributed by atoms with Crippen molar-refractivity contribution in [2.75, 3.05) is 11.5 Å². The van der Waals surface area contributed by atoms with Crippen molar-refractivity contribution < 1.29 is 15.0 Å². The average Bonchev–Trinajstić information content (AvgIpc) is 2.59. The van der Waals surface area contributed by atoms with Crippen LogP contribution in [0.4, 0.5) is 22.7 Å². The molecule has 0 aliphatic heterocycles. The monoisotopic (exact) mass is 331 g/mol. The summed E-state index contributed by atoms with van der Waals surface area (Å²) in [6, 6.07) is 11.7. The van der Waals surface area contributed by atoms with Gasteiger partial charge in [0.25, 0.3) is 11.4 Å². The number of benzene rings is 2. The average molecular weight is 331 g/mol. The standard InChI is InChI=1S/C16H17N3O5/c1-2-12(11-20)17(13-3-7-15(8-4-13)18(21)22)14-5-9-16(10-6-14)19(23)24/h3-10,12,20H,2,11H2,1H3. The van der Waals surface area contributed by atoms with Crippen LogP contribution in [0.15, 0.2) is 48.5 Å². The van der Waals surface area contributed by atoms with E-state index in [9.17, 15) is 25.3 Å². The molecule has 0 fully saturated rings. The number of hydrogen-bond donors (Lipinski definition) is 1. The molecule has 126 valence electrons. The maximum atomic E-state index is 10.8. The molecule has 0 amide bonds. The second-order valence-corrected chi connectivity index (χ2v) is 5.16. The first-order valence-corrected chi connectivity index (χ1v) is 7.37. The van der Waals surface area contributed by atoms with Crippen LogP contribution >= 0.6 is 0 Å².